The molecule has 0 saturated carbocycles. The van der Waals surface area contributed by atoms with Crippen LogP contribution in [0.15, 0.2) is 58.9 Å². The van der Waals surface area contributed by atoms with Crippen LogP contribution in [0, 0.1) is 13.8 Å². The highest BCUT2D eigenvalue weighted by Gasteiger charge is 2.10. The molecule has 2 aromatic carbocycles. The molecule has 0 atom stereocenters. The number of benzene rings is 2. The standard InChI is InChI=1S/C20H22N2OS/c1-15-9-10-16(2)18(13-15)19-14-24-20(22(19)11-6-12-23)21-17-7-4-3-5-8-17/h3-5,7-10,13-14,23H,6,11-12H2,1-2H3. The van der Waals surface area contributed by atoms with Crippen molar-refractivity contribution >= 4 is 17.0 Å². The molecular weight excluding hydrogens is 316 g/mol. The molecule has 0 radical (unpaired) electrons. The second-order valence-corrected chi connectivity index (χ2v) is 6.73. The second kappa shape index (κ2) is 7.60. The third-order valence-electron chi connectivity index (χ3n) is 3.99. The Bertz CT molecular complexity index is 878. The normalized spacial score (nSPS) is 11.9. The lowest BCUT2D eigenvalue weighted by Gasteiger charge is -2.11. The molecule has 0 bridgehead atoms. The summed E-state index contributed by atoms with van der Waals surface area (Å²) in [6.07, 6.45) is 0.719. The zero-order valence-corrected chi connectivity index (χ0v) is 14.9. The van der Waals surface area contributed by atoms with Crippen LogP contribution in [-0.4, -0.2) is 16.3 Å². The third-order valence-corrected chi connectivity index (χ3v) is 4.85. The fraction of sp³-hybridized carbons (Fsp3) is 0.250. The van der Waals surface area contributed by atoms with Gasteiger partial charge in [-0.15, -0.1) is 11.3 Å². The Balaban J connectivity index is 2.14. The Kier molecular flexibility index (Phi) is 5.28. The molecule has 24 heavy (non-hydrogen) atoms. The monoisotopic (exact) mass is 338 g/mol. The summed E-state index contributed by atoms with van der Waals surface area (Å²) in [5.74, 6) is 0. The molecule has 0 fully saturated rings. The van der Waals surface area contributed by atoms with Crippen LogP contribution in [0.25, 0.3) is 11.3 Å². The summed E-state index contributed by atoms with van der Waals surface area (Å²) in [6, 6.07) is 16.5. The molecule has 0 aliphatic carbocycles. The maximum Gasteiger partial charge on any atom is 0.190 e. The molecule has 124 valence electrons. The van der Waals surface area contributed by atoms with E-state index in [1.165, 1.54) is 22.4 Å². The molecule has 0 amide bonds. The van der Waals surface area contributed by atoms with Gasteiger partial charge in [-0.05, 0) is 44.0 Å². The van der Waals surface area contributed by atoms with Gasteiger partial charge < -0.3 is 9.67 Å². The fourth-order valence-electron chi connectivity index (χ4n) is 2.70. The van der Waals surface area contributed by atoms with E-state index in [1.54, 1.807) is 11.3 Å². The molecule has 3 aromatic rings. The first-order valence-electron chi connectivity index (χ1n) is 8.15. The van der Waals surface area contributed by atoms with Crippen molar-refractivity contribution in [2.24, 2.45) is 4.99 Å². The van der Waals surface area contributed by atoms with Crippen LogP contribution < -0.4 is 4.80 Å². The number of hydrogen-bond donors (Lipinski definition) is 1. The molecule has 0 aliphatic heterocycles. The summed E-state index contributed by atoms with van der Waals surface area (Å²) < 4.78 is 2.22. The molecule has 0 spiro atoms. The molecular formula is C20H22N2OS. The summed E-state index contributed by atoms with van der Waals surface area (Å²) in [5.41, 5.74) is 5.85. The predicted molar refractivity (Wildman–Crippen MR) is 101 cm³/mol. The van der Waals surface area contributed by atoms with Crippen molar-refractivity contribution < 1.29 is 5.11 Å². The van der Waals surface area contributed by atoms with Crippen molar-refractivity contribution in [2.75, 3.05) is 6.61 Å². The Hall–Kier alpha value is -2.17. The summed E-state index contributed by atoms with van der Waals surface area (Å²) in [5, 5.41) is 11.4. The molecule has 0 saturated heterocycles. The van der Waals surface area contributed by atoms with Crippen molar-refractivity contribution in [2.45, 2.75) is 26.8 Å². The van der Waals surface area contributed by atoms with E-state index in [0.717, 1.165) is 23.5 Å². The van der Waals surface area contributed by atoms with Crippen LogP contribution in [0.3, 0.4) is 0 Å². The lowest BCUT2D eigenvalue weighted by Crippen LogP contribution is -2.17. The van der Waals surface area contributed by atoms with Gasteiger partial charge >= 0.3 is 0 Å². The number of para-hydroxylation sites is 1. The summed E-state index contributed by atoms with van der Waals surface area (Å²) in [4.78, 5) is 5.76. The lowest BCUT2D eigenvalue weighted by molar-refractivity contribution is 0.279. The van der Waals surface area contributed by atoms with E-state index in [0.29, 0.717) is 0 Å². The van der Waals surface area contributed by atoms with Crippen molar-refractivity contribution in [1.82, 2.24) is 4.57 Å². The molecule has 4 heteroatoms. The average molecular weight is 338 g/mol. The highest BCUT2D eigenvalue weighted by Crippen LogP contribution is 2.25. The quantitative estimate of drug-likeness (QED) is 0.733. The zero-order chi connectivity index (χ0) is 16.9. The number of rotatable bonds is 5. The second-order valence-electron chi connectivity index (χ2n) is 5.90. The van der Waals surface area contributed by atoms with E-state index in [9.17, 15) is 5.11 Å². The Morgan fingerprint density at radius 3 is 2.62 bits per heavy atom. The van der Waals surface area contributed by atoms with Crippen molar-refractivity contribution in [1.29, 1.82) is 0 Å². The van der Waals surface area contributed by atoms with E-state index in [4.69, 9.17) is 4.99 Å². The van der Waals surface area contributed by atoms with Crippen molar-refractivity contribution in [3.63, 3.8) is 0 Å². The van der Waals surface area contributed by atoms with E-state index in [1.807, 2.05) is 30.3 Å². The zero-order valence-electron chi connectivity index (χ0n) is 14.1. The molecule has 0 aliphatic rings. The van der Waals surface area contributed by atoms with Crippen LogP contribution in [0.5, 0.6) is 0 Å². The van der Waals surface area contributed by atoms with Gasteiger partial charge in [0.05, 0.1) is 11.4 Å². The highest BCUT2D eigenvalue weighted by molar-refractivity contribution is 7.07. The van der Waals surface area contributed by atoms with Crippen LogP contribution in [0.4, 0.5) is 5.69 Å². The van der Waals surface area contributed by atoms with E-state index < -0.39 is 0 Å². The van der Waals surface area contributed by atoms with Gasteiger partial charge in [-0.2, -0.15) is 0 Å². The van der Waals surface area contributed by atoms with Crippen LogP contribution in [-0.2, 0) is 6.54 Å². The molecule has 1 aromatic heterocycles. The minimum absolute atomic E-state index is 0.180. The topological polar surface area (TPSA) is 37.5 Å². The number of hydrogen-bond acceptors (Lipinski definition) is 3. The predicted octanol–water partition coefficient (Wildman–Crippen LogP) is 4.45. The van der Waals surface area contributed by atoms with Crippen molar-refractivity contribution in [3.8, 4) is 11.3 Å². The van der Waals surface area contributed by atoms with E-state index in [2.05, 4.69) is 42.0 Å². The van der Waals surface area contributed by atoms with Gasteiger partial charge in [-0.3, -0.25) is 0 Å². The molecule has 3 nitrogen and oxygen atoms in total. The summed E-state index contributed by atoms with van der Waals surface area (Å²) in [7, 11) is 0. The Morgan fingerprint density at radius 2 is 1.88 bits per heavy atom. The largest absolute Gasteiger partial charge is 0.396 e. The van der Waals surface area contributed by atoms with Gasteiger partial charge in [0, 0.05) is 24.1 Å². The maximum absolute atomic E-state index is 9.27. The smallest absolute Gasteiger partial charge is 0.190 e. The molecule has 1 heterocycles. The van der Waals surface area contributed by atoms with Gasteiger partial charge in [-0.25, -0.2) is 4.99 Å². The SMILES string of the molecule is Cc1ccc(C)c(-c2csc(=Nc3ccccc3)n2CCCO)c1. The maximum atomic E-state index is 9.27. The number of aliphatic hydroxyl groups excluding tert-OH is 1. The number of nitrogens with zero attached hydrogens (tertiary/aromatic N) is 2. The third kappa shape index (κ3) is 3.66. The van der Waals surface area contributed by atoms with Gasteiger partial charge in [0.25, 0.3) is 0 Å². The lowest BCUT2D eigenvalue weighted by atomic mass is 10.0. The minimum Gasteiger partial charge on any atom is -0.396 e. The molecule has 1 N–H and O–H groups in total. The average Bonchev–Trinajstić information content (AvgIpc) is 2.98. The van der Waals surface area contributed by atoms with E-state index in [-0.39, 0.29) is 6.61 Å². The number of aliphatic hydroxyl groups is 1. The van der Waals surface area contributed by atoms with Crippen LogP contribution in [0.2, 0.25) is 0 Å². The first-order valence-corrected chi connectivity index (χ1v) is 9.03. The Labute approximate surface area is 146 Å². The summed E-state index contributed by atoms with van der Waals surface area (Å²) >= 11 is 1.65. The molecule has 0 unspecified atom stereocenters. The van der Waals surface area contributed by atoms with Crippen LogP contribution >= 0.6 is 11.3 Å². The number of aryl methyl sites for hydroxylation is 2. The summed E-state index contributed by atoms with van der Waals surface area (Å²) in [6.45, 7) is 5.19. The van der Waals surface area contributed by atoms with Crippen LogP contribution in [0.1, 0.15) is 17.5 Å². The number of thiazole rings is 1. The highest BCUT2D eigenvalue weighted by atomic mass is 32.1. The van der Waals surface area contributed by atoms with Gasteiger partial charge in [0.1, 0.15) is 0 Å². The van der Waals surface area contributed by atoms with Gasteiger partial charge in [0.15, 0.2) is 4.80 Å². The fourth-order valence-corrected chi connectivity index (χ4v) is 3.65. The van der Waals surface area contributed by atoms with Crippen molar-refractivity contribution in [3.05, 3.63) is 69.8 Å². The molecule has 3 rings (SSSR count). The first kappa shape index (κ1) is 16.7. The minimum atomic E-state index is 0.180. The van der Waals surface area contributed by atoms with E-state index >= 15 is 0 Å². The first-order chi connectivity index (χ1) is 11.7. The van der Waals surface area contributed by atoms with Gasteiger partial charge in [-0.1, -0.05) is 35.9 Å². The Morgan fingerprint density at radius 1 is 1.08 bits per heavy atom. The number of aromatic nitrogens is 1. The van der Waals surface area contributed by atoms with Gasteiger partial charge in [0.2, 0.25) is 0 Å².